The summed E-state index contributed by atoms with van der Waals surface area (Å²) in [5, 5.41) is 15.9. The third-order valence-electron chi connectivity index (χ3n) is 4.06. The number of furan rings is 1. The van der Waals surface area contributed by atoms with Gasteiger partial charge < -0.3 is 20.9 Å². The van der Waals surface area contributed by atoms with Gasteiger partial charge in [0.1, 0.15) is 28.8 Å². The second kappa shape index (κ2) is 5.89. The van der Waals surface area contributed by atoms with Crippen LogP contribution in [-0.2, 0) is 0 Å². The topological polar surface area (TPSA) is 142 Å². The molecular weight excluding hydrogens is 328 g/mol. The Kier molecular flexibility index (Phi) is 3.54. The Bertz CT molecular complexity index is 1100. The number of aromatic nitrogens is 2. The van der Waals surface area contributed by atoms with Gasteiger partial charge in [-0.3, -0.25) is 10.8 Å². The van der Waals surface area contributed by atoms with Crippen LogP contribution in [0.4, 0.5) is 0 Å². The fraction of sp³-hybridized carbons (Fsp3) is 0. The predicted octanol–water partition coefficient (Wildman–Crippen LogP) is 3.05. The zero-order chi connectivity index (χ0) is 18.3. The maximum Gasteiger partial charge on any atom is 0.134 e. The van der Waals surface area contributed by atoms with E-state index in [1.807, 2.05) is 30.4 Å². The molecule has 2 aromatic heterocycles. The molecule has 0 saturated heterocycles. The summed E-state index contributed by atoms with van der Waals surface area (Å²) in [4.78, 5) is 7.66. The van der Waals surface area contributed by atoms with Crippen LogP contribution in [0.1, 0.15) is 22.7 Å². The normalized spacial score (nSPS) is 11.5. The van der Waals surface area contributed by atoms with Crippen LogP contribution in [0, 0.1) is 10.8 Å². The van der Waals surface area contributed by atoms with Crippen LogP contribution in [0.25, 0.3) is 34.2 Å². The van der Waals surface area contributed by atoms with Crippen molar-refractivity contribution in [2.75, 3.05) is 0 Å². The number of H-pyrrole nitrogens is 1. The molecule has 0 radical (unpaired) electrons. The van der Waals surface area contributed by atoms with Crippen LogP contribution < -0.4 is 11.5 Å². The summed E-state index contributed by atoms with van der Waals surface area (Å²) in [5.41, 5.74) is 14.7. The Morgan fingerprint density at radius 3 is 2.46 bits per heavy atom. The molecule has 7 nitrogen and oxygen atoms in total. The average Bonchev–Trinajstić information content (AvgIpc) is 3.21. The summed E-state index contributed by atoms with van der Waals surface area (Å²) in [6.45, 7) is 0. The molecule has 7 N–H and O–H groups in total. The second-order valence-electron chi connectivity index (χ2n) is 5.92. The number of nitrogens with one attached hydrogen (secondary N) is 3. The van der Waals surface area contributed by atoms with Crippen LogP contribution in [0.15, 0.2) is 46.9 Å². The molecule has 0 aliphatic rings. The van der Waals surface area contributed by atoms with Crippen molar-refractivity contribution in [2.24, 2.45) is 11.5 Å². The van der Waals surface area contributed by atoms with Gasteiger partial charge in [-0.2, -0.15) is 0 Å². The number of aromatic amines is 1. The highest BCUT2D eigenvalue weighted by Gasteiger charge is 2.06. The molecule has 0 fully saturated rings. The van der Waals surface area contributed by atoms with Gasteiger partial charge in [0.2, 0.25) is 0 Å². The molecule has 0 aliphatic heterocycles. The Hall–Kier alpha value is -3.87. The molecule has 0 atom stereocenters. The summed E-state index contributed by atoms with van der Waals surface area (Å²) >= 11 is 0. The zero-order valence-electron chi connectivity index (χ0n) is 13.7. The SMILES string of the molecule is N=C(N)c1ccc2oc(/C=C\c3nc4ccc(C(=N)N)cc4[nH]3)cc2c1. The van der Waals surface area contributed by atoms with Gasteiger partial charge in [0.15, 0.2) is 0 Å². The van der Waals surface area contributed by atoms with Crippen molar-refractivity contribution < 1.29 is 4.42 Å². The molecule has 2 aromatic carbocycles. The first-order chi connectivity index (χ1) is 12.5. The Morgan fingerprint density at radius 1 is 0.962 bits per heavy atom. The number of hydrogen-bond acceptors (Lipinski definition) is 4. The summed E-state index contributed by atoms with van der Waals surface area (Å²) in [5.74, 6) is 1.39. The second-order valence-corrected chi connectivity index (χ2v) is 5.92. The molecule has 2 heterocycles. The molecule has 0 aliphatic carbocycles. The zero-order valence-corrected chi connectivity index (χ0v) is 13.7. The Balaban J connectivity index is 1.65. The summed E-state index contributed by atoms with van der Waals surface area (Å²) in [6.07, 6.45) is 3.63. The molecule has 0 spiro atoms. The minimum atomic E-state index is 0.0193. The van der Waals surface area contributed by atoms with E-state index < -0.39 is 0 Å². The van der Waals surface area contributed by atoms with E-state index in [0.29, 0.717) is 22.7 Å². The summed E-state index contributed by atoms with van der Waals surface area (Å²) in [7, 11) is 0. The van der Waals surface area contributed by atoms with E-state index in [4.69, 9.17) is 26.7 Å². The number of fused-ring (bicyclic) bond motifs is 2. The molecule has 0 unspecified atom stereocenters. The van der Waals surface area contributed by atoms with E-state index in [9.17, 15) is 0 Å². The van der Waals surface area contributed by atoms with E-state index in [0.717, 1.165) is 22.0 Å². The Morgan fingerprint density at radius 2 is 1.69 bits per heavy atom. The van der Waals surface area contributed by atoms with E-state index in [1.54, 1.807) is 24.3 Å². The lowest BCUT2D eigenvalue weighted by molar-refractivity contribution is 0.604. The number of benzene rings is 2. The lowest BCUT2D eigenvalue weighted by Gasteiger charge is -1.96. The quantitative estimate of drug-likeness (QED) is 0.286. The maximum atomic E-state index is 7.50. The van der Waals surface area contributed by atoms with Crippen molar-refractivity contribution >= 4 is 45.8 Å². The third kappa shape index (κ3) is 2.82. The molecular formula is C19H16N6O. The summed E-state index contributed by atoms with van der Waals surface area (Å²) < 4.78 is 5.76. The molecule has 128 valence electrons. The van der Waals surface area contributed by atoms with Crippen molar-refractivity contribution in [3.05, 3.63) is 65.2 Å². The largest absolute Gasteiger partial charge is 0.457 e. The lowest BCUT2D eigenvalue weighted by atomic mass is 10.1. The fourth-order valence-electron chi connectivity index (χ4n) is 2.75. The highest BCUT2D eigenvalue weighted by molar-refractivity contribution is 5.99. The van der Waals surface area contributed by atoms with Crippen LogP contribution >= 0.6 is 0 Å². The van der Waals surface area contributed by atoms with Crippen LogP contribution in [0.2, 0.25) is 0 Å². The standard InChI is InChI=1S/C19H16N6O/c20-18(21)10-2-5-16-12(7-10)8-13(26-16)3-6-17-24-14-4-1-11(19(22)23)9-15(14)25-17/h1-9H,(H3,20,21)(H3,22,23)(H,24,25)/b6-3-. The van der Waals surface area contributed by atoms with Gasteiger partial charge in [-0.1, -0.05) is 0 Å². The maximum absolute atomic E-state index is 7.50. The van der Waals surface area contributed by atoms with Crippen molar-refractivity contribution in [1.82, 2.24) is 9.97 Å². The monoisotopic (exact) mass is 344 g/mol. The van der Waals surface area contributed by atoms with E-state index in [2.05, 4.69) is 9.97 Å². The number of nitrogen functional groups attached to an aromatic ring is 2. The molecule has 7 heteroatoms. The van der Waals surface area contributed by atoms with Crippen molar-refractivity contribution in [1.29, 1.82) is 10.8 Å². The van der Waals surface area contributed by atoms with Crippen LogP contribution in [0.3, 0.4) is 0 Å². The van der Waals surface area contributed by atoms with Crippen LogP contribution in [0.5, 0.6) is 0 Å². The van der Waals surface area contributed by atoms with E-state index >= 15 is 0 Å². The fourth-order valence-corrected chi connectivity index (χ4v) is 2.75. The van der Waals surface area contributed by atoms with Gasteiger partial charge in [0, 0.05) is 16.5 Å². The molecule has 0 bridgehead atoms. The number of amidine groups is 2. The molecule has 4 aromatic rings. The van der Waals surface area contributed by atoms with Crippen molar-refractivity contribution in [3.8, 4) is 0 Å². The first-order valence-corrected chi connectivity index (χ1v) is 7.90. The molecule has 0 saturated carbocycles. The number of nitrogens with two attached hydrogens (primary N) is 2. The number of rotatable bonds is 4. The smallest absolute Gasteiger partial charge is 0.134 e. The van der Waals surface area contributed by atoms with E-state index in [1.165, 1.54) is 0 Å². The number of nitrogens with zero attached hydrogens (tertiary/aromatic N) is 1. The highest BCUT2D eigenvalue weighted by Crippen LogP contribution is 2.22. The molecule has 0 amide bonds. The van der Waals surface area contributed by atoms with Gasteiger partial charge in [-0.25, -0.2) is 4.98 Å². The lowest BCUT2D eigenvalue weighted by Crippen LogP contribution is -2.10. The molecule has 26 heavy (non-hydrogen) atoms. The van der Waals surface area contributed by atoms with Gasteiger partial charge in [0.25, 0.3) is 0 Å². The number of imidazole rings is 1. The van der Waals surface area contributed by atoms with Crippen molar-refractivity contribution in [3.63, 3.8) is 0 Å². The van der Waals surface area contributed by atoms with Crippen molar-refractivity contribution in [2.45, 2.75) is 0 Å². The average molecular weight is 344 g/mol. The van der Waals surface area contributed by atoms with Gasteiger partial charge in [-0.15, -0.1) is 0 Å². The first-order valence-electron chi connectivity index (χ1n) is 7.90. The van der Waals surface area contributed by atoms with E-state index in [-0.39, 0.29) is 11.7 Å². The van der Waals surface area contributed by atoms with Crippen LogP contribution in [-0.4, -0.2) is 21.6 Å². The third-order valence-corrected chi connectivity index (χ3v) is 4.06. The van der Waals surface area contributed by atoms with Gasteiger partial charge >= 0.3 is 0 Å². The minimum absolute atomic E-state index is 0.0193. The number of hydrogen-bond donors (Lipinski definition) is 5. The highest BCUT2D eigenvalue weighted by atomic mass is 16.3. The summed E-state index contributed by atoms with van der Waals surface area (Å²) in [6, 6.07) is 12.7. The molecule has 4 rings (SSSR count). The van der Waals surface area contributed by atoms with Gasteiger partial charge in [0.05, 0.1) is 11.0 Å². The minimum Gasteiger partial charge on any atom is -0.457 e. The van der Waals surface area contributed by atoms with Gasteiger partial charge in [-0.05, 0) is 54.6 Å². The first kappa shape index (κ1) is 15.6. The predicted molar refractivity (Wildman–Crippen MR) is 103 cm³/mol. The Labute approximate surface area is 148 Å².